The SMILES string of the molecule is CC(=O)N(CCc1cnc[nH]1)C(=O)CC(N)c1ccccc1. The Labute approximate surface area is 129 Å². The van der Waals surface area contributed by atoms with Crippen LogP contribution in [0.5, 0.6) is 0 Å². The van der Waals surface area contributed by atoms with Gasteiger partial charge in [-0.05, 0) is 5.56 Å². The zero-order valence-electron chi connectivity index (χ0n) is 12.5. The van der Waals surface area contributed by atoms with Gasteiger partial charge in [-0.2, -0.15) is 0 Å². The van der Waals surface area contributed by atoms with E-state index in [9.17, 15) is 9.59 Å². The lowest BCUT2D eigenvalue weighted by molar-refractivity contribution is -0.143. The van der Waals surface area contributed by atoms with Crippen molar-refractivity contribution in [3.8, 4) is 0 Å². The molecule has 116 valence electrons. The number of amides is 2. The number of hydrogen-bond acceptors (Lipinski definition) is 4. The quantitative estimate of drug-likeness (QED) is 0.844. The van der Waals surface area contributed by atoms with Crippen LogP contribution in [0.15, 0.2) is 42.9 Å². The molecule has 2 amide bonds. The highest BCUT2D eigenvalue weighted by molar-refractivity contribution is 5.94. The molecule has 0 aliphatic rings. The lowest BCUT2D eigenvalue weighted by Gasteiger charge is -2.21. The molecule has 0 bridgehead atoms. The van der Waals surface area contributed by atoms with Gasteiger partial charge in [-0.15, -0.1) is 0 Å². The number of nitrogens with two attached hydrogens (primary N) is 1. The first-order valence-electron chi connectivity index (χ1n) is 7.16. The Kier molecular flexibility index (Phi) is 5.43. The molecule has 0 saturated heterocycles. The summed E-state index contributed by atoms with van der Waals surface area (Å²) in [6.07, 6.45) is 3.90. The molecular weight excluding hydrogens is 280 g/mol. The Balaban J connectivity index is 1.96. The first-order valence-corrected chi connectivity index (χ1v) is 7.16. The summed E-state index contributed by atoms with van der Waals surface area (Å²) in [7, 11) is 0. The van der Waals surface area contributed by atoms with Gasteiger partial charge in [0.1, 0.15) is 0 Å². The van der Waals surface area contributed by atoms with Crippen LogP contribution >= 0.6 is 0 Å². The summed E-state index contributed by atoms with van der Waals surface area (Å²) < 4.78 is 0. The zero-order chi connectivity index (χ0) is 15.9. The number of H-pyrrole nitrogens is 1. The highest BCUT2D eigenvalue weighted by Gasteiger charge is 2.21. The van der Waals surface area contributed by atoms with Gasteiger partial charge in [0.2, 0.25) is 11.8 Å². The molecule has 6 nitrogen and oxygen atoms in total. The molecule has 1 aromatic heterocycles. The van der Waals surface area contributed by atoms with Crippen molar-refractivity contribution in [2.24, 2.45) is 5.73 Å². The summed E-state index contributed by atoms with van der Waals surface area (Å²) in [4.78, 5) is 32.1. The predicted octanol–water partition coefficient (Wildman–Crippen LogP) is 1.42. The van der Waals surface area contributed by atoms with Gasteiger partial charge in [-0.25, -0.2) is 4.98 Å². The normalized spacial score (nSPS) is 11.9. The Bertz CT molecular complexity index is 610. The Morgan fingerprint density at radius 1 is 1.32 bits per heavy atom. The molecule has 1 unspecified atom stereocenters. The average Bonchev–Trinajstić information content (AvgIpc) is 3.01. The number of carbonyl (C=O) groups is 2. The number of hydrogen-bond donors (Lipinski definition) is 2. The van der Waals surface area contributed by atoms with Crippen molar-refractivity contribution in [1.29, 1.82) is 0 Å². The summed E-state index contributed by atoms with van der Waals surface area (Å²) in [6, 6.07) is 8.98. The molecule has 22 heavy (non-hydrogen) atoms. The predicted molar refractivity (Wildman–Crippen MR) is 82.7 cm³/mol. The summed E-state index contributed by atoms with van der Waals surface area (Å²) in [5.74, 6) is -0.534. The number of aromatic amines is 1. The number of imidazole rings is 1. The van der Waals surface area contributed by atoms with Crippen LogP contribution < -0.4 is 5.73 Å². The van der Waals surface area contributed by atoms with Crippen molar-refractivity contribution in [3.63, 3.8) is 0 Å². The molecule has 6 heteroatoms. The second kappa shape index (κ2) is 7.51. The van der Waals surface area contributed by atoms with Crippen LogP contribution in [0.2, 0.25) is 0 Å². The van der Waals surface area contributed by atoms with Gasteiger partial charge in [0.05, 0.1) is 6.33 Å². The topological polar surface area (TPSA) is 92.1 Å². The maximum Gasteiger partial charge on any atom is 0.231 e. The fourth-order valence-electron chi connectivity index (χ4n) is 2.23. The smallest absolute Gasteiger partial charge is 0.231 e. The molecule has 0 fully saturated rings. The summed E-state index contributed by atoms with van der Waals surface area (Å²) in [5.41, 5.74) is 7.81. The molecule has 3 N–H and O–H groups in total. The Hall–Kier alpha value is -2.47. The minimum Gasteiger partial charge on any atom is -0.348 e. The van der Waals surface area contributed by atoms with E-state index in [0.29, 0.717) is 13.0 Å². The van der Waals surface area contributed by atoms with Gasteiger partial charge >= 0.3 is 0 Å². The first kappa shape index (κ1) is 15.9. The number of nitrogens with zero attached hydrogens (tertiary/aromatic N) is 2. The van der Waals surface area contributed by atoms with Crippen LogP contribution in [0.25, 0.3) is 0 Å². The molecule has 2 rings (SSSR count). The number of nitrogens with one attached hydrogen (secondary N) is 1. The molecule has 0 aliphatic carbocycles. The lowest BCUT2D eigenvalue weighted by Crippen LogP contribution is -2.38. The Morgan fingerprint density at radius 2 is 2.05 bits per heavy atom. The molecule has 0 aliphatic heterocycles. The van der Waals surface area contributed by atoms with Gasteiger partial charge in [0, 0.05) is 44.2 Å². The van der Waals surface area contributed by atoms with Crippen LogP contribution in [-0.4, -0.2) is 33.2 Å². The van der Waals surface area contributed by atoms with Gasteiger partial charge in [0.25, 0.3) is 0 Å². The molecule has 1 aromatic carbocycles. The number of imide groups is 1. The third-order valence-corrected chi connectivity index (χ3v) is 3.46. The molecule has 1 atom stereocenters. The minimum atomic E-state index is -0.414. The van der Waals surface area contributed by atoms with E-state index in [4.69, 9.17) is 5.73 Å². The van der Waals surface area contributed by atoms with E-state index in [1.165, 1.54) is 11.8 Å². The van der Waals surface area contributed by atoms with Crippen LogP contribution in [0.3, 0.4) is 0 Å². The van der Waals surface area contributed by atoms with Crippen molar-refractivity contribution in [2.75, 3.05) is 6.54 Å². The Morgan fingerprint density at radius 3 is 2.64 bits per heavy atom. The molecule has 0 radical (unpaired) electrons. The summed E-state index contributed by atoms with van der Waals surface area (Å²) in [6.45, 7) is 1.71. The highest BCUT2D eigenvalue weighted by Crippen LogP contribution is 2.15. The zero-order valence-corrected chi connectivity index (χ0v) is 12.5. The van der Waals surface area contributed by atoms with Gasteiger partial charge in [0.15, 0.2) is 0 Å². The lowest BCUT2D eigenvalue weighted by atomic mass is 10.0. The van der Waals surface area contributed by atoms with Crippen molar-refractivity contribution in [1.82, 2.24) is 14.9 Å². The van der Waals surface area contributed by atoms with Crippen molar-refractivity contribution >= 4 is 11.8 Å². The maximum atomic E-state index is 12.3. The molecular formula is C16H20N4O2. The summed E-state index contributed by atoms with van der Waals surface area (Å²) >= 11 is 0. The van der Waals surface area contributed by atoms with E-state index in [-0.39, 0.29) is 18.2 Å². The van der Waals surface area contributed by atoms with E-state index >= 15 is 0 Å². The van der Waals surface area contributed by atoms with Crippen molar-refractivity contribution in [3.05, 3.63) is 54.1 Å². The third-order valence-electron chi connectivity index (χ3n) is 3.46. The second-order valence-corrected chi connectivity index (χ2v) is 5.11. The fourth-order valence-corrected chi connectivity index (χ4v) is 2.23. The molecule has 1 heterocycles. The van der Waals surface area contributed by atoms with E-state index in [1.54, 1.807) is 12.5 Å². The first-order chi connectivity index (χ1) is 10.6. The van der Waals surface area contributed by atoms with Gasteiger partial charge < -0.3 is 10.7 Å². The van der Waals surface area contributed by atoms with E-state index in [1.807, 2.05) is 30.3 Å². The fraction of sp³-hybridized carbons (Fsp3) is 0.312. The molecule has 2 aromatic rings. The number of benzene rings is 1. The van der Waals surface area contributed by atoms with Crippen molar-refractivity contribution < 1.29 is 9.59 Å². The minimum absolute atomic E-state index is 0.104. The van der Waals surface area contributed by atoms with Crippen LogP contribution in [0, 0.1) is 0 Å². The van der Waals surface area contributed by atoms with Crippen LogP contribution in [-0.2, 0) is 16.0 Å². The standard InChI is InChI=1S/C16H20N4O2/c1-12(21)20(8-7-14-10-18-11-19-14)16(22)9-15(17)13-5-3-2-4-6-13/h2-6,10-11,15H,7-9,17H2,1H3,(H,18,19). The van der Waals surface area contributed by atoms with Gasteiger partial charge in [-0.3, -0.25) is 14.5 Å². The molecule has 0 spiro atoms. The third kappa shape index (κ3) is 4.26. The van der Waals surface area contributed by atoms with E-state index in [2.05, 4.69) is 9.97 Å². The summed E-state index contributed by atoms with van der Waals surface area (Å²) in [5, 5.41) is 0. The second-order valence-electron chi connectivity index (χ2n) is 5.11. The molecule has 0 saturated carbocycles. The monoisotopic (exact) mass is 300 g/mol. The van der Waals surface area contributed by atoms with Crippen LogP contribution in [0.4, 0.5) is 0 Å². The van der Waals surface area contributed by atoms with Crippen LogP contribution in [0.1, 0.15) is 30.6 Å². The average molecular weight is 300 g/mol. The number of aromatic nitrogens is 2. The van der Waals surface area contributed by atoms with E-state index in [0.717, 1.165) is 11.3 Å². The van der Waals surface area contributed by atoms with Gasteiger partial charge in [-0.1, -0.05) is 30.3 Å². The van der Waals surface area contributed by atoms with E-state index < -0.39 is 6.04 Å². The number of carbonyl (C=O) groups excluding carboxylic acids is 2. The maximum absolute atomic E-state index is 12.3. The highest BCUT2D eigenvalue weighted by atomic mass is 16.2. The number of rotatable bonds is 6. The largest absolute Gasteiger partial charge is 0.348 e. The van der Waals surface area contributed by atoms with Crippen molar-refractivity contribution in [2.45, 2.75) is 25.8 Å².